The van der Waals surface area contributed by atoms with E-state index >= 15 is 0 Å². The molecule has 0 unspecified atom stereocenters. The monoisotopic (exact) mass is 377 g/mol. The number of carbonyl (C=O) groups is 2. The minimum absolute atomic E-state index is 0.0330. The minimum atomic E-state index is -3.96. The van der Waals surface area contributed by atoms with Crippen LogP contribution in [0.3, 0.4) is 0 Å². The van der Waals surface area contributed by atoms with Crippen LogP contribution in [-0.2, 0) is 10.0 Å². The first-order valence-electron chi connectivity index (χ1n) is 7.39. The van der Waals surface area contributed by atoms with Crippen molar-refractivity contribution in [3.8, 4) is 11.5 Å². The predicted molar refractivity (Wildman–Crippen MR) is 90.0 cm³/mol. The molecule has 2 aromatic rings. The number of benzene rings is 2. The number of carbonyl (C=O) groups excluding carboxylic acids is 2. The number of rotatable bonds is 3. The lowest BCUT2D eigenvalue weighted by molar-refractivity contribution is 0.0846. The number of amides is 2. The summed E-state index contributed by atoms with van der Waals surface area (Å²) in [5, 5.41) is 5.12. The summed E-state index contributed by atoms with van der Waals surface area (Å²) in [6.45, 7) is 1.64. The van der Waals surface area contributed by atoms with Crippen LogP contribution in [0.2, 0.25) is 0 Å². The highest BCUT2D eigenvalue weighted by Gasteiger charge is 2.18. The Morgan fingerprint density at radius 1 is 0.962 bits per heavy atom. The highest BCUT2D eigenvalue weighted by atomic mass is 32.2. The first kappa shape index (κ1) is 17.7. The summed E-state index contributed by atoms with van der Waals surface area (Å²) in [6.07, 6.45) is 0. The van der Waals surface area contributed by atoms with E-state index in [0.29, 0.717) is 17.1 Å². The lowest BCUT2D eigenvalue weighted by atomic mass is 10.1. The Bertz CT molecular complexity index is 1000. The van der Waals surface area contributed by atoms with E-state index in [-0.39, 0.29) is 22.8 Å². The number of primary sulfonamides is 1. The first-order valence-corrected chi connectivity index (χ1v) is 8.94. The second-order valence-corrected chi connectivity index (χ2v) is 7.03. The normalized spacial score (nSPS) is 12.5. The van der Waals surface area contributed by atoms with Crippen molar-refractivity contribution in [3.63, 3.8) is 0 Å². The zero-order valence-corrected chi connectivity index (χ0v) is 14.4. The third-order valence-corrected chi connectivity index (χ3v) is 4.73. The maximum atomic E-state index is 12.2. The van der Waals surface area contributed by atoms with E-state index in [0.717, 1.165) is 6.07 Å². The molecule has 0 bridgehead atoms. The molecule has 0 fully saturated rings. The zero-order chi connectivity index (χ0) is 18.9. The van der Waals surface area contributed by atoms with Gasteiger partial charge in [0.05, 0.1) is 4.90 Å². The summed E-state index contributed by atoms with van der Waals surface area (Å²) in [6, 6.07) is 8.60. The third-order valence-electron chi connectivity index (χ3n) is 3.68. The van der Waals surface area contributed by atoms with Crippen molar-refractivity contribution < 1.29 is 27.5 Å². The molecule has 1 aliphatic heterocycles. The maximum absolute atomic E-state index is 12.2. The van der Waals surface area contributed by atoms with Crippen molar-refractivity contribution in [2.75, 3.05) is 6.79 Å². The van der Waals surface area contributed by atoms with E-state index in [2.05, 4.69) is 10.9 Å². The van der Waals surface area contributed by atoms with Crippen molar-refractivity contribution in [2.45, 2.75) is 11.8 Å². The largest absolute Gasteiger partial charge is 0.454 e. The average molecular weight is 377 g/mol. The van der Waals surface area contributed by atoms with Gasteiger partial charge in [-0.05, 0) is 42.8 Å². The fourth-order valence-electron chi connectivity index (χ4n) is 2.34. The summed E-state index contributed by atoms with van der Waals surface area (Å²) >= 11 is 0. The Morgan fingerprint density at radius 3 is 2.19 bits per heavy atom. The number of nitrogens with two attached hydrogens (primary N) is 1. The van der Waals surface area contributed by atoms with Crippen molar-refractivity contribution in [1.82, 2.24) is 10.9 Å². The summed E-state index contributed by atoms with van der Waals surface area (Å²) in [5.74, 6) is -0.305. The SMILES string of the molecule is Cc1ccc(C(=O)NNC(=O)c2ccc3c(c2)OCO3)cc1S(N)(=O)=O. The van der Waals surface area contributed by atoms with Crippen molar-refractivity contribution in [1.29, 1.82) is 0 Å². The van der Waals surface area contributed by atoms with E-state index in [9.17, 15) is 18.0 Å². The average Bonchev–Trinajstić information content (AvgIpc) is 3.06. The van der Waals surface area contributed by atoms with Crippen LogP contribution >= 0.6 is 0 Å². The summed E-state index contributed by atoms with van der Waals surface area (Å²) in [4.78, 5) is 24.1. The molecular weight excluding hydrogens is 362 g/mol. The van der Waals surface area contributed by atoms with Gasteiger partial charge in [-0.2, -0.15) is 0 Å². The van der Waals surface area contributed by atoms with E-state index in [1.54, 1.807) is 13.0 Å². The molecule has 4 N–H and O–H groups in total. The quantitative estimate of drug-likeness (QED) is 0.664. The molecule has 2 amide bonds. The number of ether oxygens (including phenoxy) is 2. The summed E-state index contributed by atoms with van der Waals surface area (Å²) in [7, 11) is -3.96. The van der Waals surface area contributed by atoms with Crippen LogP contribution in [-0.4, -0.2) is 27.0 Å². The number of fused-ring (bicyclic) bond motifs is 1. The van der Waals surface area contributed by atoms with Crippen LogP contribution in [0.15, 0.2) is 41.3 Å². The Balaban J connectivity index is 1.70. The van der Waals surface area contributed by atoms with Gasteiger partial charge in [-0.25, -0.2) is 13.6 Å². The smallest absolute Gasteiger partial charge is 0.269 e. The molecule has 10 heteroatoms. The van der Waals surface area contributed by atoms with Crippen LogP contribution in [0.4, 0.5) is 0 Å². The Hall–Kier alpha value is -3.11. The van der Waals surface area contributed by atoms with E-state index < -0.39 is 21.8 Å². The molecule has 1 aliphatic rings. The number of hydrogen-bond acceptors (Lipinski definition) is 6. The molecule has 0 aromatic heterocycles. The second-order valence-electron chi connectivity index (χ2n) is 5.50. The fourth-order valence-corrected chi connectivity index (χ4v) is 3.15. The van der Waals surface area contributed by atoms with Gasteiger partial charge >= 0.3 is 0 Å². The van der Waals surface area contributed by atoms with Crippen molar-refractivity contribution >= 4 is 21.8 Å². The lowest BCUT2D eigenvalue weighted by Gasteiger charge is -2.10. The Morgan fingerprint density at radius 2 is 1.54 bits per heavy atom. The number of aryl methyl sites for hydroxylation is 1. The molecule has 26 heavy (non-hydrogen) atoms. The molecular formula is C16H15N3O6S. The first-order chi connectivity index (χ1) is 12.3. The standard InChI is InChI=1S/C16H15N3O6S/c1-9-2-3-11(7-14(9)26(17,22)23)16(21)19-18-15(20)10-4-5-12-13(6-10)25-8-24-12/h2-7H,8H2,1H3,(H,18,20)(H,19,21)(H2,17,22,23). The van der Waals surface area contributed by atoms with Crippen LogP contribution in [0.25, 0.3) is 0 Å². The number of nitrogens with one attached hydrogen (secondary N) is 2. The van der Waals surface area contributed by atoms with Gasteiger partial charge in [-0.15, -0.1) is 0 Å². The molecule has 1 heterocycles. The lowest BCUT2D eigenvalue weighted by Crippen LogP contribution is -2.41. The van der Waals surface area contributed by atoms with Gasteiger partial charge in [0.25, 0.3) is 11.8 Å². The van der Waals surface area contributed by atoms with Crippen molar-refractivity contribution in [3.05, 3.63) is 53.1 Å². The molecule has 0 radical (unpaired) electrons. The molecule has 0 saturated carbocycles. The van der Waals surface area contributed by atoms with Crippen LogP contribution in [0.5, 0.6) is 11.5 Å². The topological polar surface area (TPSA) is 137 Å². The van der Waals surface area contributed by atoms with Gasteiger partial charge in [0.15, 0.2) is 11.5 Å². The summed E-state index contributed by atoms with van der Waals surface area (Å²) in [5.41, 5.74) is 5.16. The molecule has 0 spiro atoms. The van der Waals surface area contributed by atoms with Gasteiger partial charge in [0.1, 0.15) is 0 Å². The predicted octanol–water partition coefficient (Wildman–Crippen LogP) is 0.446. The Kier molecular flexibility index (Phi) is 4.53. The van der Waals surface area contributed by atoms with Crippen LogP contribution in [0.1, 0.15) is 26.3 Å². The van der Waals surface area contributed by atoms with Crippen molar-refractivity contribution in [2.24, 2.45) is 5.14 Å². The van der Waals surface area contributed by atoms with E-state index in [1.165, 1.54) is 24.3 Å². The fraction of sp³-hybridized carbons (Fsp3) is 0.125. The highest BCUT2D eigenvalue weighted by Crippen LogP contribution is 2.32. The molecule has 3 rings (SSSR count). The molecule has 9 nitrogen and oxygen atoms in total. The summed E-state index contributed by atoms with van der Waals surface area (Å²) < 4.78 is 33.4. The van der Waals surface area contributed by atoms with Gasteiger partial charge in [0.2, 0.25) is 16.8 Å². The van der Waals surface area contributed by atoms with Crippen LogP contribution < -0.4 is 25.5 Å². The van der Waals surface area contributed by atoms with Gasteiger partial charge in [-0.1, -0.05) is 6.07 Å². The van der Waals surface area contributed by atoms with Gasteiger partial charge < -0.3 is 9.47 Å². The van der Waals surface area contributed by atoms with Gasteiger partial charge in [-0.3, -0.25) is 20.4 Å². The molecule has 0 atom stereocenters. The van der Waals surface area contributed by atoms with Crippen LogP contribution in [0, 0.1) is 6.92 Å². The number of hydrogen-bond donors (Lipinski definition) is 3. The maximum Gasteiger partial charge on any atom is 0.269 e. The Labute approximate surface area is 149 Å². The van der Waals surface area contributed by atoms with Gasteiger partial charge in [0, 0.05) is 11.1 Å². The number of hydrazine groups is 1. The molecule has 0 saturated heterocycles. The molecule has 136 valence electrons. The molecule has 2 aromatic carbocycles. The van der Waals surface area contributed by atoms with E-state index in [4.69, 9.17) is 14.6 Å². The van der Waals surface area contributed by atoms with E-state index in [1.807, 2.05) is 0 Å². The highest BCUT2D eigenvalue weighted by molar-refractivity contribution is 7.89. The third kappa shape index (κ3) is 3.60. The second kappa shape index (κ2) is 6.65. The number of sulfonamides is 1. The zero-order valence-electron chi connectivity index (χ0n) is 13.6. The molecule has 0 aliphatic carbocycles. The minimum Gasteiger partial charge on any atom is -0.454 e.